The number of unbranched alkanes of at least 4 members (excludes halogenated alkanes) is 3. The second kappa shape index (κ2) is 10.2. The van der Waals surface area contributed by atoms with Crippen LogP contribution in [0.25, 0.3) is 0 Å². The van der Waals surface area contributed by atoms with Crippen molar-refractivity contribution in [3.63, 3.8) is 0 Å². The minimum absolute atomic E-state index is 0.161. The molecule has 5 heteroatoms. The maximum atomic E-state index is 9.88. The van der Waals surface area contributed by atoms with Crippen LogP contribution < -0.4 is 0 Å². The second-order valence-corrected chi connectivity index (χ2v) is 7.13. The van der Waals surface area contributed by atoms with Gasteiger partial charge in [-0.2, -0.15) is 0 Å². The molecule has 0 aliphatic carbocycles. The van der Waals surface area contributed by atoms with Crippen molar-refractivity contribution in [3.8, 4) is 0 Å². The number of aliphatic hydroxyl groups excluding tert-OH is 2. The van der Waals surface area contributed by atoms with E-state index < -0.39 is 18.0 Å². The maximum absolute atomic E-state index is 9.88. The van der Waals surface area contributed by atoms with E-state index in [1.807, 2.05) is 32.0 Å². The Morgan fingerprint density at radius 3 is 2.52 bits per heavy atom. The van der Waals surface area contributed by atoms with Gasteiger partial charge in [-0.15, -0.1) is 0 Å². The molecule has 2 rings (SSSR count). The molecule has 3 atom stereocenters. The predicted octanol–water partition coefficient (Wildman–Crippen LogP) is 3.03. The fraction of sp³-hybridized carbons (Fsp3) is 0.700. The second-order valence-electron chi connectivity index (χ2n) is 7.13. The Kier molecular flexibility index (Phi) is 8.33. The first-order chi connectivity index (χ1) is 12.0. The van der Waals surface area contributed by atoms with Crippen molar-refractivity contribution in [3.05, 3.63) is 35.9 Å². The molecule has 0 unspecified atom stereocenters. The highest BCUT2D eigenvalue weighted by molar-refractivity contribution is 5.13. The quantitative estimate of drug-likeness (QED) is 0.599. The van der Waals surface area contributed by atoms with Gasteiger partial charge < -0.3 is 24.4 Å². The lowest BCUT2D eigenvalue weighted by Crippen LogP contribution is -2.37. The van der Waals surface area contributed by atoms with Crippen molar-refractivity contribution >= 4 is 0 Å². The van der Waals surface area contributed by atoms with Crippen LogP contribution in [0.2, 0.25) is 0 Å². The molecule has 0 aromatic heterocycles. The van der Waals surface area contributed by atoms with Gasteiger partial charge in [0.25, 0.3) is 0 Å². The first-order valence-electron chi connectivity index (χ1n) is 9.28. The summed E-state index contributed by atoms with van der Waals surface area (Å²) in [5.41, 5.74) is 1.21. The molecule has 0 bridgehead atoms. The Morgan fingerprint density at radius 2 is 1.80 bits per heavy atom. The maximum Gasteiger partial charge on any atom is 0.163 e. The highest BCUT2D eigenvalue weighted by Crippen LogP contribution is 2.32. The van der Waals surface area contributed by atoms with Crippen molar-refractivity contribution in [2.45, 2.75) is 76.7 Å². The van der Waals surface area contributed by atoms with Gasteiger partial charge >= 0.3 is 0 Å². The van der Waals surface area contributed by atoms with Gasteiger partial charge in [-0.1, -0.05) is 49.6 Å². The summed E-state index contributed by atoms with van der Waals surface area (Å²) in [5, 5.41) is 19.0. The third-order valence-corrected chi connectivity index (χ3v) is 4.43. The molecule has 2 N–H and O–H groups in total. The van der Waals surface area contributed by atoms with Crippen LogP contribution in [0.1, 0.15) is 51.5 Å². The number of aliphatic hydroxyl groups is 2. The van der Waals surface area contributed by atoms with Crippen LogP contribution >= 0.6 is 0 Å². The zero-order valence-corrected chi connectivity index (χ0v) is 15.4. The normalized spacial score (nSPS) is 23.7. The minimum atomic E-state index is -0.891. The summed E-state index contributed by atoms with van der Waals surface area (Å²) < 4.78 is 17.3. The molecule has 1 aromatic carbocycles. The first-order valence-corrected chi connectivity index (χ1v) is 9.28. The smallest absolute Gasteiger partial charge is 0.163 e. The zero-order valence-electron chi connectivity index (χ0n) is 15.4. The van der Waals surface area contributed by atoms with Gasteiger partial charge in [0, 0.05) is 6.61 Å². The molecule has 1 heterocycles. The van der Waals surface area contributed by atoms with Gasteiger partial charge in [0.1, 0.15) is 12.2 Å². The van der Waals surface area contributed by atoms with E-state index in [1.54, 1.807) is 0 Å². The molecule has 142 valence electrons. The van der Waals surface area contributed by atoms with Crippen LogP contribution in [0.4, 0.5) is 0 Å². The van der Waals surface area contributed by atoms with E-state index in [-0.39, 0.29) is 12.7 Å². The van der Waals surface area contributed by atoms with E-state index in [0.717, 1.165) is 38.7 Å². The van der Waals surface area contributed by atoms with E-state index in [2.05, 4.69) is 12.1 Å². The van der Waals surface area contributed by atoms with E-state index in [1.165, 1.54) is 5.56 Å². The summed E-state index contributed by atoms with van der Waals surface area (Å²) >= 11 is 0. The summed E-state index contributed by atoms with van der Waals surface area (Å²) in [7, 11) is 0. The molecule has 0 amide bonds. The lowest BCUT2D eigenvalue weighted by molar-refractivity contribution is -0.157. The van der Waals surface area contributed by atoms with Crippen molar-refractivity contribution in [1.29, 1.82) is 0 Å². The summed E-state index contributed by atoms with van der Waals surface area (Å²) in [5.74, 6) is -0.698. The molecule has 1 aliphatic heterocycles. The Labute approximate surface area is 150 Å². The molecular weight excluding hydrogens is 320 g/mol. The third kappa shape index (κ3) is 7.04. The average Bonchev–Trinajstić information content (AvgIpc) is 2.92. The Balaban J connectivity index is 1.54. The van der Waals surface area contributed by atoms with Gasteiger partial charge in [-0.25, -0.2) is 0 Å². The molecule has 0 saturated carbocycles. The van der Waals surface area contributed by atoms with Crippen LogP contribution in [0, 0.1) is 0 Å². The highest BCUT2D eigenvalue weighted by atomic mass is 16.8. The van der Waals surface area contributed by atoms with Crippen LogP contribution in [-0.4, -0.2) is 47.5 Å². The number of ether oxygens (including phenoxy) is 3. The average molecular weight is 352 g/mol. The molecule has 5 nitrogen and oxygen atoms in total. The van der Waals surface area contributed by atoms with E-state index in [0.29, 0.717) is 6.61 Å². The third-order valence-electron chi connectivity index (χ3n) is 4.43. The Morgan fingerprint density at radius 1 is 1.08 bits per heavy atom. The number of hydrogen-bond donors (Lipinski definition) is 2. The molecule has 1 saturated heterocycles. The predicted molar refractivity (Wildman–Crippen MR) is 96.1 cm³/mol. The van der Waals surface area contributed by atoms with Crippen LogP contribution in [0.5, 0.6) is 0 Å². The van der Waals surface area contributed by atoms with E-state index in [4.69, 9.17) is 19.3 Å². The molecule has 1 fully saturated rings. The van der Waals surface area contributed by atoms with Crippen molar-refractivity contribution in [2.24, 2.45) is 0 Å². The molecule has 0 spiro atoms. The topological polar surface area (TPSA) is 68.2 Å². The number of rotatable bonds is 11. The SMILES string of the molecule is CC1(C)O[C@H]([C@H](O)CO)[C@@H](CCCCCCOCc2ccccc2)O1. The number of hydrogen-bond acceptors (Lipinski definition) is 5. The number of benzene rings is 1. The minimum Gasteiger partial charge on any atom is -0.394 e. The van der Waals surface area contributed by atoms with Crippen molar-refractivity contribution < 1.29 is 24.4 Å². The largest absolute Gasteiger partial charge is 0.394 e. The fourth-order valence-electron chi connectivity index (χ4n) is 3.18. The van der Waals surface area contributed by atoms with E-state index >= 15 is 0 Å². The Hall–Kier alpha value is -0.980. The van der Waals surface area contributed by atoms with Crippen molar-refractivity contribution in [2.75, 3.05) is 13.2 Å². The molecule has 25 heavy (non-hydrogen) atoms. The van der Waals surface area contributed by atoms with E-state index in [9.17, 15) is 5.11 Å². The van der Waals surface area contributed by atoms with Gasteiger partial charge in [0.2, 0.25) is 0 Å². The lowest BCUT2D eigenvalue weighted by Gasteiger charge is -2.20. The molecule has 1 aromatic rings. The highest BCUT2D eigenvalue weighted by Gasteiger charge is 2.43. The Bertz CT molecular complexity index is 476. The summed E-state index contributed by atoms with van der Waals surface area (Å²) in [6.07, 6.45) is 3.59. The lowest BCUT2D eigenvalue weighted by atomic mass is 10.0. The monoisotopic (exact) mass is 352 g/mol. The first kappa shape index (κ1) is 20.3. The van der Waals surface area contributed by atoms with Crippen LogP contribution in [0.3, 0.4) is 0 Å². The van der Waals surface area contributed by atoms with Gasteiger partial charge in [-0.3, -0.25) is 0 Å². The van der Waals surface area contributed by atoms with Gasteiger partial charge in [-0.05, 0) is 32.3 Å². The summed E-state index contributed by atoms with van der Waals surface area (Å²) in [4.78, 5) is 0. The molecule has 1 aliphatic rings. The summed E-state index contributed by atoms with van der Waals surface area (Å²) in [6, 6.07) is 10.2. The van der Waals surface area contributed by atoms with Gasteiger partial charge in [0.05, 0.1) is 19.3 Å². The summed E-state index contributed by atoms with van der Waals surface area (Å²) in [6.45, 7) is 4.82. The fourth-order valence-corrected chi connectivity index (χ4v) is 3.18. The zero-order chi connectivity index (χ0) is 18.1. The standard InChI is InChI=1S/C20H32O5/c1-20(2)24-18(19(25-20)17(22)14-21)12-8-3-4-9-13-23-15-16-10-6-5-7-11-16/h5-7,10-11,17-19,21-22H,3-4,8-9,12-15H2,1-2H3/t17-,18-,19-/m1/s1. The van der Waals surface area contributed by atoms with Crippen LogP contribution in [-0.2, 0) is 20.8 Å². The van der Waals surface area contributed by atoms with Crippen LogP contribution in [0.15, 0.2) is 30.3 Å². The van der Waals surface area contributed by atoms with Gasteiger partial charge in [0.15, 0.2) is 5.79 Å². The molecule has 0 radical (unpaired) electrons. The molecular formula is C20H32O5. The van der Waals surface area contributed by atoms with Crippen molar-refractivity contribution in [1.82, 2.24) is 0 Å².